The molecule has 0 aliphatic heterocycles. The van der Waals surface area contributed by atoms with E-state index in [0.717, 1.165) is 15.8 Å². The van der Waals surface area contributed by atoms with Gasteiger partial charge in [-0.25, -0.2) is 9.37 Å². The molecule has 3 aromatic heterocycles. The van der Waals surface area contributed by atoms with Crippen molar-refractivity contribution in [3.05, 3.63) is 99.2 Å². The number of nitriles is 1. The van der Waals surface area contributed by atoms with E-state index in [1.54, 1.807) is 18.3 Å². The van der Waals surface area contributed by atoms with Crippen LogP contribution < -0.4 is 10.3 Å². The monoisotopic (exact) mass is 454 g/mol. The van der Waals surface area contributed by atoms with Gasteiger partial charge in [-0.2, -0.15) is 10.2 Å². The van der Waals surface area contributed by atoms with Gasteiger partial charge in [-0.1, -0.05) is 30.3 Å². The van der Waals surface area contributed by atoms with E-state index >= 15 is 0 Å². The lowest BCUT2D eigenvalue weighted by molar-refractivity contribution is 0.426. The molecule has 3 heterocycles. The fourth-order valence-corrected chi connectivity index (χ4v) is 4.33. The van der Waals surface area contributed by atoms with Crippen LogP contribution in [0.3, 0.4) is 0 Å². The van der Waals surface area contributed by atoms with Gasteiger partial charge in [0.25, 0.3) is 5.56 Å². The van der Waals surface area contributed by atoms with Crippen LogP contribution in [0.2, 0.25) is 0 Å². The molecular formula is C25H15FN4O2S. The maximum atomic E-state index is 14.3. The zero-order valence-corrected chi connectivity index (χ0v) is 18.1. The Labute approximate surface area is 191 Å². The van der Waals surface area contributed by atoms with Crippen molar-refractivity contribution in [3.63, 3.8) is 0 Å². The molecule has 0 saturated carbocycles. The molecule has 0 saturated heterocycles. The fraction of sp³-hybridized carbons (Fsp3) is 0.0400. The number of aromatic nitrogens is 3. The molecule has 0 fully saturated rings. The van der Waals surface area contributed by atoms with Crippen LogP contribution in [0.5, 0.6) is 11.6 Å². The molecule has 0 aliphatic carbocycles. The summed E-state index contributed by atoms with van der Waals surface area (Å²) < 4.78 is 22.3. The van der Waals surface area contributed by atoms with Crippen molar-refractivity contribution in [3.8, 4) is 17.7 Å². The van der Waals surface area contributed by atoms with Gasteiger partial charge < -0.3 is 4.74 Å². The quantitative estimate of drug-likeness (QED) is 0.330. The molecule has 0 atom stereocenters. The van der Waals surface area contributed by atoms with Crippen LogP contribution in [0, 0.1) is 24.1 Å². The Morgan fingerprint density at radius 3 is 2.70 bits per heavy atom. The van der Waals surface area contributed by atoms with Gasteiger partial charge in [0.1, 0.15) is 22.3 Å². The van der Waals surface area contributed by atoms with Crippen LogP contribution in [0.15, 0.2) is 71.7 Å². The zero-order valence-electron chi connectivity index (χ0n) is 17.3. The molecule has 8 heteroatoms. The Morgan fingerprint density at radius 1 is 1.12 bits per heavy atom. The highest BCUT2D eigenvalue weighted by molar-refractivity contribution is 7.19. The van der Waals surface area contributed by atoms with E-state index in [0.29, 0.717) is 10.7 Å². The highest BCUT2D eigenvalue weighted by Gasteiger charge is 2.18. The van der Waals surface area contributed by atoms with Gasteiger partial charge >= 0.3 is 0 Å². The van der Waals surface area contributed by atoms with Crippen molar-refractivity contribution in [2.75, 3.05) is 0 Å². The van der Waals surface area contributed by atoms with Crippen LogP contribution in [-0.2, 0) is 0 Å². The van der Waals surface area contributed by atoms with E-state index < -0.39 is 11.4 Å². The molecular weight excluding hydrogens is 439 g/mol. The Morgan fingerprint density at radius 2 is 1.91 bits per heavy atom. The molecule has 6 nitrogen and oxygen atoms in total. The Hall–Kier alpha value is -4.35. The number of allylic oxidation sites excluding steroid dienone is 1. The molecule has 0 bridgehead atoms. The van der Waals surface area contributed by atoms with Crippen LogP contribution in [0.4, 0.5) is 4.39 Å². The average Bonchev–Trinajstić information content (AvgIpc) is 3.25. The Bertz CT molecular complexity index is 1630. The minimum absolute atomic E-state index is 0.0251. The molecule has 0 amide bonds. The second-order valence-corrected chi connectivity index (χ2v) is 8.24. The van der Waals surface area contributed by atoms with E-state index in [9.17, 15) is 14.4 Å². The number of hydrogen-bond donors (Lipinski definition) is 0. The molecule has 5 aromatic rings. The average molecular weight is 454 g/mol. The summed E-state index contributed by atoms with van der Waals surface area (Å²) >= 11 is 1.34. The van der Waals surface area contributed by atoms with Crippen molar-refractivity contribution >= 4 is 38.8 Å². The van der Waals surface area contributed by atoms with E-state index in [-0.39, 0.29) is 22.8 Å². The lowest BCUT2D eigenvalue weighted by Crippen LogP contribution is -2.19. The number of pyridine rings is 1. The number of rotatable bonds is 4. The SMILES string of the molecule is Cc1cccn2c(=O)c(/C=C(\C#N)c3nc4ccccc4s3)c(Oc3ccccc3F)nc12. The number of thiazole rings is 1. The predicted molar refractivity (Wildman–Crippen MR) is 126 cm³/mol. The van der Waals surface area contributed by atoms with Gasteiger partial charge in [0.2, 0.25) is 5.88 Å². The summed E-state index contributed by atoms with van der Waals surface area (Å²) in [4.78, 5) is 22.4. The number of aryl methyl sites for hydroxylation is 1. The molecule has 0 unspecified atom stereocenters. The summed E-state index contributed by atoms with van der Waals surface area (Å²) in [5.41, 5.74) is 1.65. The molecule has 0 aliphatic rings. The van der Waals surface area contributed by atoms with Crippen molar-refractivity contribution in [1.82, 2.24) is 14.4 Å². The van der Waals surface area contributed by atoms with Gasteiger partial charge in [-0.15, -0.1) is 11.3 Å². The first-order valence-corrected chi connectivity index (χ1v) is 10.8. The summed E-state index contributed by atoms with van der Waals surface area (Å²) in [6, 6.07) is 19.0. The van der Waals surface area contributed by atoms with Crippen molar-refractivity contribution in [1.29, 1.82) is 5.26 Å². The number of ether oxygens (including phenoxy) is 1. The van der Waals surface area contributed by atoms with Crippen LogP contribution >= 0.6 is 11.3 Å². The first-order valence-electron chi connectivity index (χ1n) is 9.97. The van der Waals surface area contributed by atoms with E-state index in [2.05, 4.69) is 16.0 Å². The van der Waals surface area contributed by atoms with Crippen LogP contribution in [0.25, 0.3) is 27.5 Å². The predicted octanol–water partition coefficient (Wildman–Crippen LogP) is 5.61. The first kappa shape index (κ1) is 20.5. The minimum Gasteiger partial charge on any atom is -0.435 e. The zero-order chi connectivity index (χ0) is 22.9. The van der Waals surface area contributed by atoms with Gasteiger partial charge in [-0.05, 0) is 48.9 Å². The topological polar surface area (TPSA) is 80.3 Å². The van der Waals surface area contributed by atoms with Gasteiger partial charge in [-0.3, -0.25) is 9.20 Å². The van der Waals surface area contributed by atoms with Crippen LogP contribution in [-0.4, -0.2) is 14.4 Å². The highest BCUT2D eigenvalue weighted by Crippen LogP contribution is 2.31. The van der Waals surface area contributed by atoms with Crippen LogP contribution in [0.1, 0.15) is 16.1 Å². The number of fused-ring (bicyclic) bond motifs is 2. The third-order valence-corrected chi connectivity index (χ3v) is 6.10. The third-order valence-electron chi connectivity index (χ3n) is 5.03. The molecule has 0 spiro atoms. The number of para-hydroxylation sites is 2. The number of nitrogens with zero attached hydrogens (tertiary/aromatic N) is 4. The molecule has 5 rings (SSSR count). The van der Waals surface area contributed by atoms with Crippen molar-refractivity contribution in [2.24, 2.45) is 0 Å². The first-order chi connectivity index (χ1) is 16.0. The highest BCUT2D eigenvalue weighted by atomic mass is 32.1. The van der Waals surface area contributed by atoms with Gasteiger partial charge in [0.15, 0.2) is 11.6 Å². The van der Waals surface area contributed by atoms with Crippen molar-refractivity contribution < 1.29 is 9.13 Å². The van der Waals surface area contributed by atoms with Gasteiger partial charge in [0.05, 0.1) is 15.8 Å². The van der Waals surface area contributed by atoms with E-state index in [4.69, 9.17) is 4.74 Å². The number of halogens is 1. The second kappa shape index (κ2) is 8.30. The number of hydrogen-bond acceptors (Lipinski definition) is 6. The summed E-state index contributed by atoms with van der Waals surface area (Å²) in [7, 11) is 0. The normalized spacial score (nSPS) is 11.6. The largest absolute Gasteiger partial charge is 0.435 e. The maximum absolute atomic E-state index is 14.3. The maximum Gasteiger partial charge on any atom is 0.269 e. The van der Waals surface area contributed by atoms with E-state index in [1.807, 2.05) is 37.3 Å². The summed E-state index contributed by atoms with van der Waals surface area (Å²) in [5, 5.41) is 10.3. The Balaban J connectivity index is 1.74. The van der Waals surface area contributed by atoms with Gasteiger partial charge in [0, 0.05) is 6.20 Å². The minimum atomic E-state index is -0.592. The lowest BCUT2D eigenvalue weighted by Gasteiger charge is -2.11. The third kappa shape index (κ3) is 3.75. The fourth-order valence-electron chi connectivity index (χ4n) is 3.40. The summed E-state index contributed by atoms with van der Waals surface area (Å²) in [6.07, 6.45) is 2.99. The number of benzene rings is 2. The summed E-state index contributed by atoms with van der Waals surface area (Å²) in [6.45, 7) is 1.81. The molecule has 0 radical (unpaired) electrons. The summed E-state index contributed by atoms with van der Waals surface area (Å²) in [5.74, 6) is -0.755. The molecule has 33 heavy (non-hydrogen) atoms. The Kier molecular flexibility index (Phi) is 5.17. The van der Waals surface area contributed by atoms with Crippen molar-refractivity contribution in [2.45, 2.75) is 6.92 Å². The second-order valence-electron chi connectivity index (χ2n) is 7.21. The standard InChI is InChI=1S/C25H15FN4O2S/c1-15-7-6-12-30-22(15)29-23(32-20-10-4-2-8-18(20)26)17(25(30)31)13-16(14-27)24-28-19-9-3-5-11-21(19)33-24/h2-13H,1H3/b16-13+. The molecule has 0 N–H and O–H groups in total. The smallest absolute Gasteiger partial charge is 0.269 e. The van der Waals surface area contributed by atoms with E-state index in [1.165, 1.54) is 40.0 Å². The lowest BCUT2D eigenvalue weighted by atomic mass is 10.2. The molecule has 2 aromatic carbocycles. The molecule has 160 valence electrons.